The van der Waals surface area contributed by atoms with Gasteiger partial charge in [-0.3, -0.25) is 9.69 Å². The SMILES string of the molecule is O=C1CCCN1C(=O)Nc1cccc(Cl)c1. The molecule has 4 nitrogen and oxygen atoms in total. The van der Waals surface area contributed by atoms with Gasteiger partial charge >= 0.3 is 6.03 Å². The van der Waals surface area contributed by atoms with E-state index in [0.717, 1.165) is 6.42 Å². The third-order valence-corrected chi connectivity index (χ3v) is 2.63. The minimum absolute atomic E-state index is 0.125. The number of hydrogen-bond donors (Lipinski definition) is 1. The lowest BCUT2D eigenvalue weighted by molar-refractivity contribution is -0.125. The average Bonchev–Trinajstić information content (AvgIpc) is 2.64. The molecule has 1 aromatic carbocycles. The Hall–Kier alpha value is -1.55. The molecule has 1 aliphatic rings. The van der Waals surface area contributed by atoms with Crippen LogP contribution in [0, 0.1) is 0 Å². The number of halogens is 1. The van der Waals surface area contributed by atoms with Crippen molar-refractivity contribution in [3.8, 4) is 0 Å². The van der Waals surface area contributed by atoms with E-state index in [4.69, 9.17) is 11.6 Å². The van der Waals surface area contributed by atoms with Crippen LogP contribution < -0.4 is 5.32 Å². The molecule has 0 aliphatic carbocycles. The molecule has 1 aliphatic heterocycles. The normalized spacial score (nSPS) is 15.3. The minimum Gasteiger partial charge on any atom is -0.307 e. The average molecular weight is 239 g/mol. The molecule has 0 saturated carbocycles. The maximum atomic E-state index is 11.7. The third-order valence-electron chi connectivity index (χ3n) is 2.39. The molecule has 3 amide bonds. The molecule has 0 spiro atoms. The van der Waals surface area contributed by atoms with Crippen LogP contribution in [0.15, 0.2) is 24.3 Å². The van der Waals surface area contributed by atoms with E-state index >= 15 is 0 Å². The molecule has 1 aromatic rings. The zero-order valence-electron chi connectivity index (χ0n) is 8.57. The molecule has 1 fully saturated rings. The predicted octanol–water partition coefficient (Wildman–Crippen LogP) is 2.49. The lowest BCUT2D eigenvalue weighted by atomic mass is 10.3. The quantitative estimate of drug-likeness (QED) is 0.817. The number of rotatable bonds is 1. The highest BCUT2D eigenvalue weighted by Gasteiger charge is 2.26. The number of hydrogen-bond acceptors (Lipinski definition) is 2. The fourth-order valence-electron chi connectivity index (χ4n) is 1.62. The van der Waals surface area contributed by atoms with Crippen LogP contribution >= 0.6 is 11.6 Å². The smallest absolute Gasteiger partial charge is 0.307 e. The second kappa shape index (κ2) is 4.53. The molecule has 1 N–H and O–H groups in total. The molecule has 0 radical (unpaired) electrons. The summed E-state index contributed by atoms with van der Waals surface area (Å²) in [6, 6.07) is 6.44. The number of imide groups is 1. The van der Waals surface area contributed by atoms with Gasteiger partial charge in [-0.15, -0.1) is 0 Å². The third kappa shape index (κ3) is 2.33. The van der Waals surface area contributed by atoms with Crippen molar-refractivity contribution in [1.82, 2.24) is 4.90 Å². The standard InChI is InChI=1S/C11H11ClN2O2/c12-8-3-1-4-9(7-8)13-11(16)14-6-2-5-10(14)15/h1,3-4,7H,2,5-6H2,(H,13,16). The van der Waals surface area contributed by atoms with Gasteiger partial charge in [-0.1, -0.05) is 17.7 Å². The van der Waals surface area contributed by atoms with Crippen LogP contribution in [0.3, 0.4) is 0 Å². The highest BCUT2D eigenvalue weighted by molar-refractivity contribution is 6.30. The first-order valence-electron chi connectivity index (χ1n) is 5.04. The Bertz CT molecular complexity index is 434. The van der Waals surface area contributed by atoms with Crippen LogP contribution in [0.5, 0.6) is 0 Å². The van der Waals surface area contributed by atoms with Crippen LogP contribution in [-0.2, 0) is 4.79 Å². The molecule has 84 valence electrons. The van der Waals surface area contributed by atoms with Gasteiger partial charge in [-0.2, -0.15) is 0 Å². The fourth-order valence-corrected chi connectivity index (χ4v) is 1.81. The second-order valence-electron chi connectivity index (χ2n) is 3.59. The summed E-state index contributed by atoms with van der Waals surface area (Å²) >= 11 is 5.78. The zero-order chi connectivity index (χ0) is 11.5. The van der Waals surface area contributed by atoms with Crippen LogP contribution in [0.2, 0.25) is 5.02 Å². The maximum Gasteiger partial charge on any atom is 0.328 e. The molecule has 0 aromatic heterocycles. The van der Waals surface area contributed by atoms with Gasteiger partial charge in [-0.05, 0) is 24.6 Å². The van der Waals surface area contributed by atoms with E-state index in [1.807, 2.05) is 0 Å². The summed E-state index contributed by atoms with van der Waals surface area (Å²) in [5, 5.41) is 3.18. The van der Waals surface area contributed by atoms with Gasteiger partial charge in [0.25, 0.3) is 0 Å². The van der Waals surface area contributed by atoms with E-state index in [1.165, 1.54) is 4.90 Å². The van der Waals surface area contributed by atoms with Gasteiger partial charge in [0.15, 0.2) is 0 Å². The van der Waals surface area contributed by atoms with E-state index in [9.17, 15) is 9.59 Å². The second-order valence-corrected chi connectivity index (χ2v) is 4.03. The number of likely N-dealkylation sites (tertiary alicyclic amines) is 1. The fraction of sp³-hybridized carbons (Fsp3) is 0.273. The number of amides is 3. The van der Waals surface area contributed by atoms with Gasteiger partial charge in [0.05, 0.1) is 0 Å². The summed E-state index contributed by atoms with van der Waals surface area (Å²) in [5.41, 5.74) is 0.595. The monoisotopic (exact) mass is 238 g/mol. The Balaban J connectivity index is 2.04. The zero-order valence-corrected chi connectivity index (χ0v) is 9.33. The van der Waals surface area contributed by atoms with Crippen LogP contribution in [0.1, 0.15) is 12.8 Å². The van der Waals surface area contributed by atoms with Crippen LogP contribution in [-0.4, -0.2) is 23.4 Å². The molecule has 0 atom stereocenters. The Morgan fingerprint density at radius 1 is 1.44 bits per heavy atom. The van der Waals surface area contributed by atoms with E-state index in [0.29, 0.717) is 23.7 Å². The van der Waals surface area contributed by atoms with Gasteiger partial charge in [0.2, 0.25) is 5.91 Å². The van der Waals surface area contributed by atoms with Crippen molar-refractivity contribution in [2.24, 2.45) is 0 Å². The number of carbonyl (C=O) groups is 2. The number of nitrogens with zero attached hydrogens (tertiary/aromatic N) is 1. The number of urea groups is 1. The van der Waals surface area contributed by atoms with Gasteiger partial charge < -0.3 is 5.32 Å². The molecular weight excluding hydrogens is 228 g/mol. The van der Waals surface area contributed by atoms with Gasteiger partial charge in [0, 0.05) is 23.7 Å². The molecule has 0 unspecified atom stereocenters. The summed E-state index contributed by atoms with van der Waals surface area (Å²) < 4.78 is 0. The van der Waals surface area contributed by atoms with E-state index < -0.39 is 0 Å². The Labute approximate surface area is 98.2 Å². The largest absolute Gasteiger partial charge is 0.328 e. The van der Waals surface area contributed by atoms with Crippen molar-refractivity contribution >= 4 is 29.2 Å². The number of nitrogens with one attached hydrogen (secondary N) is 1. The molecule has 2 rings (SSSR count). The summed E-state index contributed by atoms with van der Waals surface area (Å²) in [4.78, 5) is 24.2. The molecule has 1 saturated heterocycles. The van der Waals surface area contributed by atoms with E-state index in [2.05, 4.69) is 5.32 Å². The first-order chi connectivity index (χ1) is 7.66. The molecule has 5 heteroatoms. The van der Waals surface area contributed by atoms with Crippen molar-refractivity contribution in [2.75, 3.05) is 11.9 Å². The number of carbonyl (C=O) groups excluding carboxylic acids is 2. The Morgan fingerprint density at radius 2 is 2.25 bits per heavy atom. The lowest BCUT2D eigenvalue weighted by Gasteiger charge is -2.14. The number of benzene rings is 1. The van der Waals surface area contributed by atoms with E-state index in [1.54, 1.807) is 24.3 Å². The van der Waals surface area contributed by atoms with Crippen LogP contribution in [0.4, 0.5) is 10.5 Å². The maximum absolute atomic E-state index is 11.7. The van der Waals surface area contributed by atoms with Crippen LogP contribution in [0.25, 0.3) is 0 Å². The molecule has 1 heterocycles. The Kier molecular flexibility index (Phi) is 3.10. The van der Waals surface area contributed by atoms with Crippen molar-refractivity contribution in [3.63, 3.8) is 0 Å². The van der Waals surface area contributed by atoms with Crippen molar-refractivity contribution < 1.29 is 9.59 Å². The highest BCUT2D eigenvalue weighted by atomic mass is 35.5. The summed E-state index contributed by atoms with van der Waals surface area (Å²) in [7, 11) is 0. The first-order valence-corrected chi connectivity index (χ1v) is 5.41. The topological polar surface area (TPSA) is 49.4 Å². The summed E-state index contributed by atoms with van der Waals surface area (Å²) in [6.07, 6.45) is 1.19. The van der Waals surface area contributed by atoms with E-state index in [-0.39, 0.29) is 11.9 Å². The molecule has 16 heavy (non-hydrogen) atoms. The molecular formula is C11H11ClN2O2. The van der Waals surface area contributed by atoms with Gasteiger partial charge in [-0.25, -0.2) is 4.79 Å². The lowest BCUT2D eigenvalue weighted by Crippen LogP contribution is -2.35. The van der Waals surface area contributed by atoms with Crippen molar-refractivity contribution in [1.29, 1.82) is 0 Å². The van der Waals surface area contributed by atoms with Crippen molar-refractivity contribution in [3.05, 3.63) is 29.3 Å². The van der Waals surface area contributed by atoms with Gasteiger partial charge in [0.1, 0.15) is 0 Å². The predicted molar refractivity (Wildman–Crippen MR) is 61.4 cm³/mol. The highest BCUT2D eigenvalue weighted by Crippen LogP contribution is 2.17. The van der Waals surface area contributed by atoms with Crippen molar-refractivity contribution in [2.45, 2.75) is 12.8 Å². The summed E-state index contributed by atoms with van der Waals surface area (Å²) in [6.45, 7) is 0.491. The number of anilines is 1. The Morgan fingerprint density at radius 3 is 2.88 bits per heavy atom. The minimum atomic E-state index is -0.384. The summed E-state index contributed by atoms with van der Waals surface area (Å²) in [5.74, 6) is -0.125. The first kappa shape index (κ1) is 11.0. The molecule has 0 bridgehead atoms.